The number of anilines is 1. The molecule has 2 aromatic carbocycles. The smallest absolute Gasteiger partial charge is 0.238 e. The van der Waals surface area contributed by atoms with Crippen molar-refractivity contribution in [2.45, 2.75) is 18.7 Å². The fraction of sp³-hybridized carbons (Fsp3) is 0.278. The first kappa shape index (κ1) is 17.5. The van der Waals surface area contributed by atoms with Gasteiger partial charge < -0.3 is 4.74 Å². The summed E-state index contributed by atoms with van der Waals surface area (Å²) in [5, 5.41) is 1.11. The van der Waals surface area contributed by atoms with Gasteiger partial charge in [-0.2, -0.15) is 0 Å². The number of carbonyl (C=O) groups excluding carboxylic acids is 1. The number of ether oxygens (including phenoxy) is 1. The zero-order valence-electron chi connectivity index (χ0n) is 13.2. The van der Waals surface area contributed by atoms with Crippen LogP contribution in [0.3, 0.4) is 0 Å². The number of carbonyl (C=O) groups is 1. The van der Waals surface area contributed by atoms with Gasteiger partial charge in [0.2, 0.25) is 5.91 Å². The van der Waals surface area contributed by atoms with E-state index in [-0.39, 0.29) is 11.3 Å². The highest BCUT2D eigenvalue weighted by atomic mass is 35.5. The number of benzene rings is 2. The Morgan fingerprint density at radius 2 is 1.96 bits per heavy atom. The van der Waals surface area contributed by atoms with Crippen molar-refractivity contribution in [3.63, 3.8) is 0 Å². The van der Waals surface area contributed by atoms with Gasteiger partial charge in [-0.3, -0.25) is 9.69 Å². The van der Waals surface area contributed by atoms with Crippen LogP contribution in [0.5, 0.6) is 5.75 Å². The van der Waals surface area contributed by atoms with Crippen LogP contribution in [-0.4, -0.2) is 18.3 Å². The number of hydrogen-bond acceptors (Lipinski definition) is 3. The Balaban J connectivity index is 1.88. The maximum atomic E-state index is 12.4. The first-order valence-corrected chi connectivity index (χ1v) is 9.52. The summed E-state index contributed by atoms with van der Waals surface area (Å²) in [5.74, 6) is 1.20. The highest BCUT2D eigenvalue weighted by molar-refractivity contribution is 8.00. The summed E-state index contributed by atoms with van der Waals surface area (Å²) in [6.07, 6.45) is 0.926. The van der Waals surface area contributed by atoms with Crippen LogP contribution >= 0.6 is 35.0 Å². The first-order valence-electron chi connectivity index (χ1n) is 7.71. The van der Waals surface area contributed by atoms with E-state index in [1.54, 1.807) is 28.8 Å². The molecule has 0 aliphatic carbocycles. The van der Waals surface area contributed by atoms with Crippen molar-refractivity contribution in [1.29, 1.82) is 0 Å². The Labute approximate surface area is 155 Å². The summed E-state index contributed by atoms with van der Waals surface area (Å²) in [6, 6.07) is 13.0. The highest BCUT2D eigenvalue weighted by Crippen LogP contribution is 2.43. The van der Waals surface area contributed by atoms with Crippen molar-refractivity contribution < 1.29 is 9.53 Å². The Morgan fingerprint density at radius 1 is 1.21 bits per heavy atom. The van der Waals surface area contributed by atoms with Crippen LogP contribution in [-0.2, 0) is 4.79 Å². The van der Waals surface area contributed by atoms with Gasteiger partial charge in [0.05, 0.1) is 17.4 Å². The van der Waals surface area contributed by atoms with Crippen molar-refractivity contribution in [3.05, 3.63) is 58.1 Å². The summed E-state index contributed by atoms with van der Waals surface area (Å²) in [6.45, 7) is 2.68. The van der Waals surface area contributed by atoms with E-state index in [4.69, 9.17) is 27.9 Å². The number of nitrogens with zero attached hydrogens (tertiary/aromatic N) is 1. The minimum atomic E-state index is -0.101. The minimum absolute atomic E-state index is 0.0785. The molecule has 0 N–H and O–H groups in total. The summed E-state index contributed by atoms with van der Waals surface area (Å²) in [7, 11) is 0. The molecule has 0 saturated carbocycles. The molecule has 126 valence electrons. The van der Waals surface area contributed by atoms with Crippen LogP contribution in [0.2, 0.25) is 10.0 Å². The van der Waals surface area contributed by atoms with E-state index in [0.717, 1.165) is 17.7 Å². The molecular formula is C18H17Cl2NO2S. The predicted molar refractivity (Wildman–Crippen MR) is 101 cm³/mol. The van der Waals surface area contributed by atoms with E-state index >= 15 is 0 Å². The first-order chi connectivity index (χ1) is 11.6. The van der Waals surface area contributed by atoms with Gasteiger partial charge in [-0.25, -0.2) is 0 Å². The molecule has 3 nitrogen and oxygen atoms in total. The predicted octanol–water partition coefficient (Wildman–Crippen LogP) is 5.56. The number of hydrogen-bond donors (Lipinski definition) is 0. The summed E-state index contributed by atoms with van der Waals surface area (Å²) < 4.78 is 5.62. The lowest BCUT2D eigenvalue weighted by molar-refractivity contribution is -0.115. The van der Waals surface area contributed by atoms with Crippen molar-refractivity contribution >= 4 is 46.6 Å². The Bertz CT molecular complexity index is 736. The Kier molecular flexibility index (Phi) is 5.59. The quantitative estimate of drug-likeness (QED) is 0.678. The Hall–Kier alpha value is -1.36. The molecule has 1 fully saturated rings. The molecule has 0 unspecified atom stereocenters. The number of halogens is 2. The fourth-order valence-corrected chi connectivity index (χ4v) is 4.09. The van der Waals surface area contributed by atoms with Crippen molar-refractivity contribution in [3.8, 4) is 5.75 Å². The van der Waals surface area contributed by atoms with Gasteiger partial charge in [-0.05, 0) is 48.4 Å². The van der Waals surface area contributed by atoms with Gasteiger partial charge in [-0.15, -0.1) is 11.8 Å². The number of amides is 1. The second-order valence-corrected chi connectivity index (χ2v) is 7.35. The lowest BCUT2D eigenvalue weighted by Gasteiger charge is -2.25. The van der Waals surface area contributed by atoms with E-state index < -0.39 is 0 Å². The third kappa shape index (κ3) is 3.66. The maximum absolute atomic E-state index is 12.4. The summed E-state index contributed by atoms with van der Waals surface area (Å²) in [5.41, 5.74) is 1.82. The molecule has 1 atom stereocenters. The van der Waals surface area contributed by atoms with E-state index in [2.05, 4.69) is 0 Å². The van der Waals surface area contributed by atoms with E-state index in [1.165, 1.54) is 0 Å². The largest absolute Gasteiger partial charge is 0.492 e. The van der Waals surface area contributed by atoms with Crippen molar-refractivity contribution in [2.75, 3.05) is 17.3 Å². The lowest BCUT2D eigenvalue weighted by Crippen LogP contribution is -2.27. The third-order valence-corrected chi connectivity index (χ3v) is 5.44. The standard InChI is InChI=1S/C18H17Cl2NO2S/c1-2-9-23-16-8-3-12(10-15(16)20)18-21(17(22)11-24-18)14-6-4-13(19)5-7-14/h3-8,10,18H,2,9,11H2,1H3/t18-/m1/s1. The van der Waals surface area contributed by atoms with Gasteiger partial charge in [-0.1, -0.05) is 36.2 Å². The molecule has 1 aliphatic rings. The monoisotopic (exact) mass is 381 g/mol. The van der Waals surface area contributed by atoms with Gasteiger partial charge in [0, 0.05) is 10.7 Å². The molecule has 6 heteroatoms. The lowest BCUT2D eigenvalue weighted by atomic mass is 10.1. The molecule has 1 amide bonds. The molecule has 1 saturated heterocycles. The van der Waals surface area contributed by atoms with E-state index in [1.807, 2.05) is 37.3 Å². The zero-order valence-corrected chi connectivity index (χ0v) is 15.5. The molecule has 3 rings (SSSR count). The fourth-order valence-electron chi connectivity index (χ4n) is 2.55. The van der Waals surface area contributed by atoms with Crippen LogP contribution in [0.4, 0.5) is 5.69 Å². The Morgan fingerprint density at radius 3 is 2.62 bits per heavy atom. The molecule has 2 aromatic rings. The second kappa shape index (κ2) is 7.68. The van der Waals surface area contributed by atoms with E-state index in [9.17, 15) is 4.79 Å². The van der Waals surface area contributed by atoms with Gasteiger partial charge in [0.15, 0.2) is 0 Å². The van der Waals surface area contributed by atoms with Crippen LogP contribution in [0, 0.1) is 0 Å². The SMILES string of the molecule is CCCOc1ccc([C@H]2SCC(=O)N2c2ccc(Cl)cc2)cc1Cl. The van der Waals surface area contributed by atoms with Crippen LogP contribution in [0.25, 0.3) is 0 Å². The second-order valence-electron chi connectivity index (χ2n) is 5.44. The highest BCUT2D eigenvalue weighted by Gasteiger charge is 2.34. The molecule has 0 radical (unpaired) electrons. The van der Waals surface area contributed by atoms with Crippen LogP contribution in [0.1, 0.15) is 24.3 Å². The van der Waals surface area contributed by atoms with Gasteiger partial charge in [0.25, 0.3) is 0 Å². The molecule has 0 aromatic heterocycles. The van der Waals surface area contributed by atoms with E-state index in [0.29, 0.717) is 28.2 Å². The van der Waals surface area contributed by atoms with Gasteiger partial charge >= 0.3 is 0 Å². The topological polar surface area (TPSA) is 29.5 Å². The maximum Gasteiger partial charge on any atom is 0.238 e. The molecule has 0 bridgehead atoms. The van der Waals surface area contributed by atoms with Crippen molar-refractivity contribution in [1.82, 2.24) is 0 Å². The molecule has 1 heterocycles. The number of rotatable bonds is 5. The molecular weight excluding hydrogens is 365 g/mol. The van der Waals surface area contributed by atoms with Gasteiger partial charge in [0.1, 0.15) is 11.1 Å². The summed E-state index contributed by atoms with van der Waals surface area (Å²) in [4.78, 5) is 14.1. The molecule has 24 heavy (non-hydrogen) atoms. The van der Waals surface area contributed by atoms with Crippen molar-refractivity contribution in [2.24, 2.45) is 0 Å². The summed E-state index contributed by atoms with van der Waals surface area (Å²) >= 11 is 13.9. The normalized spacial score (nSPS) is 17.4. The average molecular weight is 382 g/mol. The minimum Gasteiger partial charge on any atom is -0.492 e. The third-order valence-electron chi connectivity index (χ3n) is 3.68. The van der Waals surface area contributed by atoms with Crippen LogP contribution < -0.4 is 9.64 Å². The molecule has 1 aliphatic heterocycles. The number of thioether (sulfide) groups is 1. The zero-order chi connectivity index (χ0) is 17.1. The average Bonchev–Trinajstić information content (AvgIpc) is 2.96. The van der Waals surface area contributed by atoms with Crippen LogP contribution in [0.15, 0.2) is 42.5 Å². The molecule has 0 spiro atoms.